The fourth-order valence-corrected chi connectivity index (χ4v) is 2.10. The fraction of sp³-hybridized carbons (Fsp3) is 0.333. The first-order valence-corrected chi connectivity index (χ1v) is 5.47. The van der Waals surface area contributed by atoms with Crippen molar-refractivity contribution in [1.82, 2.24) is 0 Å². The van der Waals surface area contributed by atoms with E-state index >= 15 is 0 Å². The number of phenols is 1. The van der Waals surface area contributed by atoms with Crippen LogP contribution in [0.3, 0.4) is 0 Å². The number of carbonyl (C=O) groups is 2. The van der Waals surface area contributed by atoms with Crippen molar-refractivity contribution in [3.05, 3.63) is 23.3 Å². The Morgan fingerprint density at radius 1 is 1.47 bits per heavy atom. The summed E-state index contributed by atoms with van der Waals surface area (Å²) in [5.41, 5.74) is 0.0265. The van der Waals surface area contributed by atoms with Gasteiger partial charge in [0.05, 0.1) is 12.3 Å². The third kappa shape index (κ3) is 2.11. The molecule has 0 bridgehead atoms. The highest BCUT2D eigenvalue weighted by Crippen LogP contribution is 2.43. The van der Waals surface area contributed by atoms with Crippen LogP contribution in [0.15, 0.2) is 6.07 Å². The monoisotopic (exact) mass is 272 g/mol. The van der Waals surface area contributed by atoms with E-state index in [9.17, 15) is 18.4 Å². The first-order valence-electron chi connectivity index (χ1n) is 5.47. The lowest BCUT2D eigenvalue weighted by Gasteiger charge is -2.28. The van der Waals surface area contributed by atoms with Crippen LogP contribution in [0, 0.1) is 17.6 Å². The van der Waals surface area contributed by atoms with Crippen LogP contribution in [0.2, 0.25) is 0 Å². The average Bonchev–Trinajstić information content (AvgIpc) is 2.33. The Kier molecular flexibility index (Phi) is 3.13. The van der Waals surface area contributed by atoms with Crippen molar-refractivity contribution in [3.63, 3.8) is 0 Å². The number of ether oxygens (including phenoxy) is 1. The lowest BCUT2D eigenvalue weighted by atomic mass is 9.83. The van der Waals surface area contributed by atoms with Crippen LogP contribution in [0.25, 0.3) is 0 Å². The van der Waals surface area contributed by atoms with E-state index in [1.54, 1.807) is 0 Å². The minimum Gasteiger partial charge on any atom is -0.503 e. The summed E-state index contributed by atoms with van der Waals surface area (Å²) < 4.78 is 31.6. The summed E-state index contributed by atoms with van der Waals surface area (Å²) in [6.45, 7) is 1.47. The molecule has 0 saturated carbocycles. The molecule has 19 heavy (non-hydrogen) atoms. The van der Waals surface area contributed by atoms with E-state index < -0.39 is 53.3 Å². The zero-order valence-corrected chi connectivity index (χ0v) is 9.81. The zero-order valence-electron chi connectivity index (χ0n) is 9.81. The maximum absolute atomic E-state index is 13.6. The summed E-state index contributed by atoms with van der Waals surface area (Å²) >= 11 is 0. The van der Waals surface area contributed by atoms with Crippen molar-refractivity contribution >= 4 is 11.9 Å². The second kappa shape index (κ2) is 4.49. The number of carboxylic acid groups (broad SMARTS) is 1. The number of rotatable bonds is 2. The molecular formula is C12H10F2O5. The molecule has 0 aromatic heterocycles. The van der Waals surface area contributed by atoms with Gasteiger partial charge in [-0.1, -0.05) is 6.92 Å². The van der Waals surface area contributed by atoms with Crippen molar-refractivity contribution in [2.75, 3.05) is 0 Å². The van der Waals surface area contributed by atoms with Gasteiger partial charge in [-0.25, -0.2) is 4.39 Å². The van der Waals surface area contributed by atoms with Gasteiger partial charge >= 0.3 is 11.9 Å². The molecule has 0 saturated heterocycles. The number of carbonyl (C=O) groups excluding carboxylic acids is 1. The van der Waals surface area contributed by atoms with Gasteiger partial charge in [0.2, 0.25) is 5.82 Å². The normalized spacial score (nSPS) is 21.7. The van der Waals surface area contributed by atoms with Crippen molar-refractivity contribution in [1.29, 1.82) is 0 Å². The van der Waals surface area contributed by atoms with E-state index in [-0.39, 0.29) is 5.56 Å². The highest BCUT2D eigenvalue weighted by Gasteiger charge is 2.39. The molecule has 0 fully saturated rings. The zero-order chi connectivity index (χ0) is 14.3. The van der Waals surface area contributed by atoms with Crippen LogP contribution in [-0.4, -0.2) is 22.2 Å². The third-order valence-corrected chi connectivity index (χ3v) is 3.17. The Labute approximate surface area is 106 Å². The number of aromatic hydroxyl groups is 1. The highest BCUT2D eigenvalue weighted by molar-refractivity contribution is 5.84. The minimum atomic E-state index is -1.36. The average molecular weight is 272 g/mol. The Bertz CT molecular complexity index is 570. The predicted molar refractivity (Wildman–Crippen MR) is 57.8 cm³/mol. The number of hydrogen-bond acceptors (Lipinski definition) is 4. The van der Waals surface area contributed by atoms with Gasteiger partial charge in [0.1, 0.15) is 0 Å². The molecule has 5 nitrogen and oxygen atoms in total. The van der Waals surface area contributed by atoms with Gasteiger partial charge in [-0.3, -0.25) is 9.59 Å². The molecule has 102 valence electrons. The number of phenolic OH excluding ortho intramolecular Hbond substituents is 1. The molecule has 2 unspecified atom stereocenters. The summed E-state index contributed by atoms with van der Waals surface area (Å²) in [6.07, 6.45) is -0.496. The summed E-state index contributed by atoms with van der Waals surface area (Å²) in [5.74, 6) is -8.18. The molecule has 1 aromatic rings. The van der Waals surface area contributed by atoms with Gasteiger partial charge in [-0.2, -0.15) is 4.39 Å². The van der Waals surface area contributed by atoms with Gasteiger partial charge in [0, 0.05) is 5.56 Å². The molecule has 2 atom stereocenters. The number of benzene rings is 1. The molecule has 1 aliphatic rings. The Hall–Kier alpha value is -2.18. The van der Waals surface area contributed by atoms with Gasteiger partial charge < -0.3 is 14.9 Å². The quantitative estimate of drug-likeness (QED) is 0.633. The van der Waals surface area contributed by atoms with E-state index in [0.29, 0.717) is 0 Å². The summed E-state index contributed by atoms with van der Waals surface area (Å²) in [5, 5.41) is 17.8. The number of fused-ring (bicyclic) bond motifs is 1. The lowest BCUT2D eigenvalue weighted by Crippen LogP contribution is -2.32. The van der Waals surface area contributed by atoms with E-state index in [2.05, 4.69) is 4.74 Å². The van der Waals surface area contributed by atoms with Crippen LogP contribution in [0.5, 0.6) is 11.5 Å². The summed E-state index contributed by atoms with van der Waals surface area (Å²) in [4.78, 5) is 22.3. The van der Waals surface area contributed by atoms with Gasteiger partial charge in [-0.05, 0) is 12.0 Å². The molecule has 1 aliphatic heterocycles. The molecule has 2 N–H and O–H groups in total. The first kappa shape index (κ1) is 13.3. The number of carboxylic acids is 1. The van der Waals surface area contributed by atoms with E-state index in [1.807, 2.05) is 0 Å². The van der Waals surface area contributed by atoms with Crippen LogP contribution < -0.4 is 4.74 Å². The van der Waals surface area contributed by atoms with Crippen LogP contribution in [0.1, 0.15) is 24.8 Å². The topological polar surface area (TPSA) is 83.8 Å². The van der Waals surface area contributed by atoms with Crippen molar-refractivity contribution in [2.24, 2.45) is 5.92 Å². The molecule has 7 heteroatoms. The molecule has 1 aromatic carbocycles. The Balaban J connectivity index is 2.51. The molecular weight excluding hydrogens is 262 g/mol. The molecule has 0 spiro atoms. The van der Waals surface area contributed by atoms with E-state index in [1.165, 1.54) is 6.92 Å². The number of halogens is 2. The number of aliphatic carboxylic acids is 1. The number of hydrogen-bond donors (Lipinski definition) is 2. The Morgan fingerprint density at radius 2 is 2.11 bits per heavy atom. The first-order chi connectivity index (χ1) is 8.82. The molecule has 0 amide bonds. The minimum absolute atomic E-state index is 0.0265. The molecule has 0 radical (unpaired) electrons. The second-order valence-corrected chi connectivity index (χ2v) is 4.35. The van der Waals surface area contributed by atoms with Crippen molar-refractivity contribution in [2.45, 2.75) is 19.3 Å². The second-order valence-electron chi connectivity index (χ2n) is 4.35. The third-order valence-electron chi connectivity index (χ3n) is 3.17. The van der Waals surface area contributed by atoms with E-state index in [0.717, 1.165) is 6.07 Å². The van der Waals surface area contributed by atoms with Crippen LogP contribution in [-0.2, 0) is 9.59 Å². The Morgan fingerprint density at radius 3 is 2.68 bits per heavy atom. The van der Waals surface area contributed by atoms with Crippen molar-refractivity contribution < 1.29 is 33.3 Å². The molecule has 1 heterocycles. The van der Waals surface area contributed by atoms with Gasteiger partial charge in [0.25, 0.3) is 0 Å². The smallest absolute Gasteiger partial charge is 0.315 e. The van der Waals surface area contributed by atoms with Gasteiger partial charge in [0.15, 0.2) is 17.3 Å². The molecule has 0 aliphatic carbocycles. The summed E-state index contributed by atoms with van der Waals surface area (Å²) in [7, 11) is 0. The predicted octanol–water partition coefficient (Wildman–Crippen LogP) is 1.78. The van der Waals surface area contributed by atoms with Crippen LogP contribution in [0.4, 0.5) is 8.78 Å². The maximum atomic E-state index is 13.6. The lowest BCUT2D eigenvalue weighted by molar-refractivity contribution is -0.148. The standard InChI is InChI=1S/C12H10F2O5/c1-4-5-2-7(13)10(17)9(14)11(5)19-12(18)6(4)3-8(15)16/h2,4,6,17H,3H2,1H3,(H,15,16). The van der Waals surface area contributed by atoms with Crippen molar-refractivity contribution in [3.8, 4) is 11.5 Å². The SMILES string of the molecule is CC1c2cc(F)c(O)c(F)c2OC(=O)C1CC(=O)O. The molecule has 2 rings (SSSR count). The summed E-state index contributed by atoms with van der Waals surface area (Å²) in [6, 6.07) is 0.847. The fourth-order valence-electron chi connectivity index (χ4n) is 2.10. The largest absolute Gasteiger partial charge is 0.503 e. The van der Waals surface area contributed by atoms with E-state index in [4.69, 9.17) is 10.2 Å². The highest BCUT2D eigenvalue weighted by atomic mass is 19.1. The van der Waals surface area contributed by atoms with Gasteiger partial charge in [-0.15, -0.1) is 0 Å². The van der Waals surface area contributed by atoms with Crippen LogP contribution >= 0.6 is 0 Å². The maximum Gasteiger partial charge on any atom is 0.315 e. The number of esters is 1.